The number of carbonyl (C=O) groups excluding carboxylic acids is 2. The van der Waals surface area contributed by atoms with Crippen LogP contribution < -0.4 is 15.0 Å². The van der Waals surface area contributed by atoms with Gasteiger partial charge in [-0.1, -0.05) is 28.1 Å². The lowest BCUT2D eigenvalue weighted by Crippen LogP contribution is -2.54. The van der Waals surface area contributed by atoms with Crippen molar-refractivity contribution < 1.29 is 14.3 Å². The van der Waals surface area contributed by atoms with Crippen LogP contribution in [0.3, 0.4) is 0 Å². The van der Waals surface area contributed by atoms with Crippen molar-refractivity contribution >= 4 is 56.8 Å². The smallest absolute Gasteiger partial charge is 0.270 e. The molecule has 3 rings (SSSR count). The minimum atomic E-state index is -0.515. The summed E-state index contributed by atoms with van der Waals surface area (Å²) in [6.45, 7) is 0. The van der Waals surface area contributed by atoms with Crippen LogP contribution in [0, 0.1) is 0 Å². The van der Waals surface area contributed by atoms with Crippen LogP contribution in [0.1, 0.15) is 5.56 Å². The van der Waals surface area contributed by atoms with E-state index in [2.05, 4.69) is 21.2 Å². The Labute approximate surface area is 158 Å². The van der Waals surface area contributed by atoms with Gasteiger partial charge in [-0.15, -0.1) is 0 Å². The Bertz CT molecular complexity index is 876. The molecule has 0 aliphatic carbocycles. The quantitative estimate of drug-likeness (QED) is 0.473. The lowest BCUT2D eigenvalue weighted by atomic mass is 10.1. The first-order valence-corrected chi connectivity index (χ1v) is 8.51. The fourth-order valence-corrected chi connectivity index (χ4v) is 2.89. The molecule has 0 radical (unpaired) electrons. The van der Waals surface area contributed by atoms with Gasteiger partial charge >= 0.3 is 0 Å². The lowest BCUT2D eigenvalue weighted by Gasteiger charge is -2.29. The molecule has 0 saturated carbocycles. The zero-order valence-corrected chi connectivity index (χ0v) is 15.6. The number of nitrogens with one attached hydrogen (secondary N) is 1. The van der Waals surface area contributed by atoms with Gasteiger partial charge in [0.25, 0.3) is 11.8 Å². The number of benzene rings is 2. The van der Waals surface area contributed by atoms with Crippen LogP contribution in [-0.4, -0.2) is 24.0 Å². The number of methoxy groups -OCH3 is 1. The number of rotatable bonds is 3. The summed E-state index contributed by atoms with van der Waals surface area (Å²) in [5.74, 6) is -0.287. The summed E-state index contributed by atoms with van der Waals surface area (Å²) in [5.41, 5.74) is 1.31. The number of thiocarbonyl (C=S) groups is 1. The first-order chi connectivity index (χ1) is 12.0. The third-order valence-corrected chi connectivity index (χ3v) is 4.43. The number of hydrogen-bond donors (Lipinski definition) is 1. The van der Waals surface area contributed by atoms with Crippen molar-refractivity contribution in [2.75, 3.05) is 12.0 Å². The molecule has 1 N–H and O–H groups in total. The molecule has 25 heavy (non-hydrogen) atoms. The molecule has 0 bridgehead atoms. The van der Waals surface area contributed by atoms with Crippen molar-refractivity contribution in [1.82, 2.24) is 5.32 Å². The molecule has 0 atom stereocenters. The van der Waals surface area contributed by atoms with Crippen molar-refractivity contribution in [2.45, 2.75) is 0 Å². The van der Waals surface area contributed by atoms with E-state index < -0.39 is 11.8 Å². The van der Waals surface area contributed by atoms with Crippen LogP contribution in [0.25, 0.3) is 6.08 Å². The highest BCUT2D eigenvalue weighted by Gasteiger charge is 2.34. The largest absolute Gasteiger partial charge is 0.497 e. The maximum Gasteiger partial charge on any atom is 0.270 e. The monoisotopic (exact) mass is 416 g/mol. The molecule has 1 heterocycles. The summed E-state index contributed by atoms with van der Waals surface area (Å²) in [6.07, 6.45) is 1.53. The van der Waals surface area contributed by atoms with Crippen molar-refractivity contribution in [1.29, 1.82) is 0 Å². The van der Waals surface area contributed by atoms with Crippen LogP contribution in [0.4, 0.5) is 5.69 Å². The highest BCUT2D eigenvalue weighted by Crippen LogP contribution is 2.24. The minimum Gasteiger partial charge on any atom is -0.497 e. The summed E-state index contributed by atoms with van der Waals surface area (Å²) in [6, 6.07) is 14.1. The predicted molar refractivity (Wildman–Crippen MR) is 103 cm³/mol. The van der Waals surface area contributed by atoms with E-state index in [0.717, 1.165) is 4.47 Å². The number of nitrogens with zero attached hydrogens (tertiary/aromatic N) is 1. The molecule has 7 heteroatoms. The number of halogens is 1. The van der Waals surface area contributed by atoms with Gasteiger partial charge in [0.05, 0.1) is 12.8 Å². The molecule has 0 unspecified atom stereocenters. The van der Waals surface area contributed by atoms with Crippen LogP contribution in [0.2, 0.25) is 0 Å². The highest BCUT2D eigenvalue weighted by molar-refractivity contribution is 9.10. The maximum absolute atomic E-state index is 12.8. The molecule has 2 aromatic rings. The van der Waals surface area contributed by atoms with E-state index in [9.17, 15) is 9.59 Å². The van der Waals surface area contributed by atoms with Crippen molar-refractivity contribution in [3.63, 3.8) is 0 Å². The minimum absolute atomic E-state index is 0.0154. The number of ether oxygens (including phenoxy) is 1. The lowest BCUT2D eigenvalue weighted by molar-refractivity contribution is -0.122. The summed E-state index contributed by atoms with van der Waals surface area (Å²) < 4.78 is 5.98. The van der Waals surface area contributed by atoms with Crippen molar-refractivity contribution in [3.8, 4) is 5.75 Å². The van der Waals surface area contributed by atoms with Crippen LogP contribution in [0.5, 0.6) is 5.75 Å². The topological polar surface area (TPSA) is 58.6 Å². The molecule has 1 fully saturated rings. The van der Waals surface area contributed by atoms with Crippen molar-refractivity contribution in [3.05, 3.63) is 64.1 Å². The number of carbonyl (C=O) groups is 2. The first-order valence-electron chi connectivity index (χ1n) is 7.30. The zero-order chi connectivity index (χ0) is 18.0. The fourth-order valence-electron chi connectivity index (χ4n) is 2.35. The Morgan fingerprint density at radius 2 is 1.72 bits per heavy atom. The predicted octanol–water partition coefficient (Wildman–Crippen LogP) is 3.29. The van der Waals surface area contributed by atoms with E-state index in [-0.39, 0.29) is 10.7 Å². The zero-order valence-electron chi connectivity index (χ0n) is 13.2. The van der Waals surface area contributed by atoms with E-state index in [4.69, 9.17) is 17.0 Å². The third-order valence-electron chi connectivity index (χ3n) is 3.61. The average Bonchev–Trinajstić information content (AvgIpc) is 2.60. The first kappa shape index (κ1) is 17.3. The molecule has 0 aromatic heterocycles. The van der Waals surface area contributed by atoms with E-state index in [0.29, 0.717) is 17.0 Å². The van der Waals surface area contributed by atoms with Gasteiger partial charge in [-0.3, -0.25) is 19.8 Å². The van der Waals surface area contributed by atoms with Crippen LogP contribution >= 0.6 is 28.1 Å². The summed E-state index contributed by atoms with van der Waals surface area (Å²) >= 11 is 8.51. The SMILES string of the molecule is COc1ccc(/C=C2\C(=O)NC(=S)N(c3ccc(Br)cc3)C2=O)cc1. The second-order valence-corrected chi connectivity index (χ2v) is 6.51. The average molecular weight is 417 g/mol. The van der Waals surface area contributed by atoms with Gasteiger partial charge in [-0.25, -0.2) is 0 Å². The standard InChI is InChI=1S/C18H13BrN2O3S/c1-24-14-8-2-11(3-9-14)10-15-16(22)20-18(25)21(17(15)23)13-6-4-12(19)5-7-13/h2-10H,1H3,(H,20,22,25)/b15-10+. The van der Waals surface area contributed by atoms with Gasteiger partial charge in [0.1, 0.15) is 11.3 Å². The molecule has 126 valence electrons. The van der Waals surface area contributed by atoms with Crippen molar-refractivity contribution in [2.24, 2.45) is 0 Å². The van der Waals surface area contributed by atoms with Gasteiger partial charge in [0.15, 0.2) is 5.11 Å². The fraction of sp³-hybridized carbons (Fsp3) is 0.0556. The van der Waals surface area contributed by atoms with E-state index in [1.807, 2.05) is 0 Å². The van der Waals surface area contributed by atoms with Gasteiger partial charge in [0.2, 0.25) is 0 Å². The number of anilines is 1. The van der Waals surface area contributed by atoms with Gasteiger partial charge in [0, 0.05) is 4.47 Å². The molecule has 5 nitrogen and oxygen atoms in total. The number of hydrogen-bond acceptors (Lipinski definition) is 4. The third kappa shape index (κ3) is 3.62. The Kier molecular flexibility index (Phi) is 4.96. The molecule has 2 aromatic carbocycles. The Morgan fingerprint density at radius 1 is 1.08 bits per heavy atom. The molecule has 1 saturated heterocycles. The van der Waals surface area contributed by atoms with Gasteiger partial charge in [-0.05, 0) is 60.3 Å². The number of amides is 2. The normalized spacial score (nSPS) is 16.2. The molecule has 2 amide bonds. The molecule has 1 aliphatic rings. The van der Waals surface area contributed by atoms with Crippen LogP contribution in [0.15, 0.2) is 58.6 Å². The molecule has 0 spiro atoms. The summed E-state index contributed by atoms with van der Waals surface area (Å²) in [5, 5.41) is 2.62. The van der Waals surface area contributed by atoms with E-state index >= 15 is 0 Å². The van der Waals surface area contributed by atoms with Crippen LogP contribution in [-0.2, 0) is 9.59 Å². The summed E-state index contributed by atoms with van der Waals surface area (Å²) in [4.78, 5) is 26.4. The molecular formula is C18H13BrN2O3S. The second-order valence-electron chi connectivity index (χ2n) is 5.21. The Morgan fingerprint density at radius 3 is 2.32 bits per heavy atom. The van der Waals surface area contributed by atoms with Gasteiger partial charge in [-0.2, -0.15) is 0 Å². The van der Waals surface area contributed by atoms with E-state index in [1.165, 1.54) is 11.0 Å². The Balaban J connectivity index is 1.97. The van der Waals surface area contributed by atoms with Gasteiger partial charge < -0.3 is 4.74 Å². The van der Waals surface area contributed by atoms with E-state index in [1.54, 1.807) is 55.6 Å². The molecular weight excluding hydrogens is 404 g/mol. The Hall–Kier alpha value is -2.51. The summed E-state index contributed by atoms with van der Waals surface area (Å²) in [7, 11) is 1.57. The highest BCUT2D eigenvalue weighted by atomic mass is 79.9. The maximum atomic E-state index is 12.8. The molecule has 1 aliphatic heterocycles. The second kappa shape index (κ2) is 7.16.